The number of sulfonamides is 1. The molecule has 0 aliphatic carbocycles. The fourth-order valence-corrected chi connectivity index (χ4v) is 3.07. The Balaban J connectivity index is 2.40. The minimum atomic E-state index is -4.05. The summed E-state index contributed by atoms with van der Waals surface area (Å²) in [6.45, 7) is 1.36. The lowest BCUT2D eigenvalue weighted by Gasteiger charge is -2.09. The van der Waals surface area contributed by atoms with Crippen LogP contribution in [0.15, 0.2) is 47.4 Å². The standard InChI is InChI=1S/C14H11ClN2O5S/c1-9(18)10-3-2-4-11(7-10)16-23(21,22)12-5-6-13(15)14(8-12)17(19)20/h2-8,16H,1H3. The molecule has 0 aliphatic heterocycles. The van der Waals surface area contributed by atoms with Crippen molar-refractivity contribution in [3.05, 3.63) is 63.2 Å². The summed E-state index contributed by atoms with van der Waals surface area (Å²) in [4.78, 5) is 21.1. The van der Waals surface area contributed by atoms with E-state index in [1.54, 1.807) is 6.07 Å². The maximum atomic E-state index is 12.3. The lowest BCUT2D eigenvalue weighted by molar-refractivity contribution is -0.384. The van der Waals surface area contributed by atoms with Crippen molar-refractivity contribution in [2.45, 2.75) is 11.8 Å². The summed E-state index contributed by atoms with van der Waals surface area (Å²) in [5.74, 6) is -0.215. The first-order valence-electron chi connectivity index (χ1n) is 6.28. The third-order valence-corrected chi connectivity index (χ3v) is 4.64. The molecule has 1 N–H and O–H groups in total. The number of anilines is 1. The number of halogens is 1. The molecule has 0 aromatic heterocycles. The van der Waals surface area contributed by atoms with Crippen LogP contribution in [-0.4, -0.2) is 19.1 Å². The lowest BCUT2D eigenvalue weighted by atomic mass is 10.1. The van der Waals surface area contributed by atoms with Crippen LogP contribution in [-0.2, 0) is 10.0 Å². The van der Waals surface area contributed by atoms with E-state index in [4.69, 9.17) is 11.6 Å². The van der Waals surface area contributed by atoms with E-state index in [0.717, 1.165) is 18.2 Å². The first-order valence-corrected chi connectivity index (χ1v) is 8.14. The quantitative estimate of drug-likeness (QED) is 0.504. The van der Waals surface area contributed by atoms with Gasteiger partial charge in [0.25, 0.3) is 15.7 Å². The molecule has 120 valence electrons. The zero-order valence-corrected chi connectivity index (χ0v) is 13.4. The fourth-order valence-electron chi connectivity index (χ4n) is 1.82. The number of hydrogen-bond donors (Lipinski definition) is 1. The van der Waals surface area contributed by atoms with Crippen molar-refractivity contribution in [2.75, 3.05) is 4.72 Å². The highest BCUT2D eigenvalue weighted by Crippen LogP contribution is 2.28. The largest absolute Gasteiger partial charge is 0.295 e. The molecule has 0 aliphatic rings. The molecule has 0 unspecified atom stereocenters. The third kappa shape index (κ3) is 3.85. The molecule has 0 fully saturated rings. The van der Waals surface area contributed by atoms with Crippen LogP contribution < -0.4 is 4.72 Å². The maximum Gasteiger partial charge on any atom is 0.289 e. The summed E-state index contributed by atoms with van der Waals surface area (Å²) in [6, 6.07) is 9.09. The van der Waals surface area contributed by atoms with Crippen LogP contribution in [0.3, 0.4) is 0 Å². The van der Waals surface area contributed by atoms with Gasteiger partial charge in [-0.1, -0.05) is 23.7 Å². The Labute approximate surface area is 137 Å². The Bertz CT molecular complexity index is 896. The van der Waals surface area contributed by atoms with E-state index in [1.165, 1.54) is 25.1 Å². The number of ketones is 1. The highest BCUT2D eigenvalue weighted by atomic mass is 35.5. The lowest BCUT2D eigenvalue weighted by Crippen LogP contribution is -2.13. The van der Waals surface area contributed by atoms with E-state index in [1.807, 2.05) is 0 Å². The normalized spacial score (nSPS) is 11.0. The molecule has 0 saturated heterocycles. The Kier molecular flexibility index (Phi) is 4.67. The van der Waals surface area contributed by atoms with Crippen LogP contribution in [0, 0.1) is 10.1 Å². The fraction of sp³-hybridized carbons (Fsp3) is 0.0714. The van der Waals surface area contributed by atoms with E-state index in [9.17, 15) is 23.3 Å². The zero-order valence-electron chi connectivity index (χ0n) is 11.8. The van der Waals surface area contributed by atoms with Gasteiger partial charge in [0, 0.05) is 17.3 Å². The van der Waals surface area contributed by atoms with Gasteiger partial charge >= 0.3 is 0 Å². The van der Waals surface area contributed by atoms with Crippen molar-refractivity contribution < 1.29 is 18.1 Å². The van der Waals surface area contributed by atoms with Gasteiger partial charge in [-0.2, -0.15) is 0 Å². The van der Waals surface area contributed by atoms with Gasteiger partial charge < -0.3 is 0 Å². The Hall–Kier alpha value is -2.45. The summed E-state index contributed by atoms with van der Waals surface area (Å²) in [5.41, 5.74) is 0.00891. The van der Waals surface area contributed by atoms with E-state index < -0.39 is 20.6 Å². The number of nitrogens with one attached hydrogen (secondary N) is 1. The van der Waals surface area contributed by atoms with Gasteiger partial charge in [-0.05, 0) is 31.2 Å². The molecule has 7 nitrogen and oxygen atoms in total. The van der Waals surface area contributed by atoms with Gasteiger partial charge in [0.1, 0.15) is 5.02 Å². The summed E-state index contributed by atoms with van der Waals surface area (Å²) in [5, 5.41) is 10.7. The second kappa shape index (κ2) is 6.35. The van der Waals surface area contributed by atoms with Gasteiger partial charge in [-0.15, -0.1) is 0 Å². The molecule has 0 bridgehead atoms. The second-order valence-electron chi connectivity index (χ2n) is 4.61. The van der Waals surface area contributed by atoms with E-state index >= 15 is 0 Å². The first kappa shape index (κ1) is 16.9. The average Bonchev–Trinajstić information content (AvgIpc) is 2.46. The van der Waals surface area contributed by atoms with Crippen molar-refractivity contribution >= 4 is 38.8 Å². The first-order chi connectivity index (χ1) is 10.7. The molecular formula is C14H11ClN2O5S. The second-order valence-corrected chi connectivity index (χ2v) is 6.70. The maximum absolute atomic E-state index is 12.3. The number of carbonyl (C=O) groups excluding carboxylic acids is 1. The highest BCUT2D eigenvalue weighted by Gasteiger charge is 2.21. The number of benzene rings is 2. The topological polar surface area (TPSA) is 106 Å². The van der Waals surface area contributed by atoms with Gasteiger partial charge in [0.15, 0.2) is 5.78 Å². The molecule has 2 aromatic carbocycles. The highest BCUT2D eigenvalue weighted by molar-refractivity contribution is 7.92. The molecule has 0 heterocycles. The van der Waals surface area contributed by atoms with Crippen molar-refractivity contribution in [2.24, 2.45) is 0 Å². The molecule has 9 heteroatoms. The van der Waals surface area contributed by atoms with Crippen molar-refractivity contribution in [1.82, 2.24) is 0 Å². The number of Topliss-reactive ketones (excluding diaryl/α,β-unsaturated/α-hetero) is 1. The Morgan fingerprint density at radius 2 is 1.91 bits per heavy atom. The number of nitro groups is 1. The monoisotopic (exact) mass is 354 g/mol. The molecule has 2 rings (SSSR count). The molecule has 2 aromatic rings. The van der Waals surface area contributed by atoms with Crippen LogP contribution in [0.5, 0.6) is 0 Å². The average molecular weight is 355 g/mol. The molecule has 0 spiro atoms. The van der Waals surface area contributed by atoms with E-state index in [0.29, 0.717) is 5.56 Å². The molecule has 0 amide bonds. The van der Waals surface area contributed by atoms with Crippen LogP contribution in [0.25, 0.3) is 0 Å². The molecular weight excluding hydrogens is 344 g/mol. The Morgan fingerprint density at radius 3 is 2.52 bits per heavy atom. The van der Waals surface area contributed by atoms with Gasteiger partial charge in [-0.3, -0.25) is 19.6 Å². The number of rotatable bonds is 5. The van der Waals surface area contributed by atoms with Crippen molar-refractivity contribution in [3.8, 4) is 0 Å². The van der Waals surface area contributed by atoms with Crippen LogP contribution in [0.4, 0.5) is 11.4 Å². The number of carbonyl (C=O) groups is 1. The molecule has 0 radical (unpaired) electrons. The van der Waals surface area contributed by atoms with Gasteiger partial charge in [-0.25, -0.2) is 8.42 Å². The van der Waals surface area contributed by atoms with Crippen molar-refractivity contribution in [1.29, 1.82) is 0 Å². The molecule has 23 heavy (non-hydrogen) atoms. The molecule has 0 atom stereocenters. The van der Waals surface area contributed by atoms with Crippen LogP contribution >= 0.6 is 11.6 Å². The number of nitro benzene ring substituents is 1. The number of nitrogens with zero attached hydrogens (tertiary/aromatic N) is 1. The minimum Gasteiger partial charge on any atom is -0.295 e. The summed E-state index contributed by atoms with van der Waals surface area (Å²) >= 11 is 5.66. The van der Waals surface area contributed by atoms with Gasteiger partial charge in [0.2, 0.25) is 0 Å². The van der Waals surface area contributed by atoms with Gasteiger partial charge in [0.05, 0.1) is 9.82 Å². The molecule has 0 saturated carbocycles. The summed E-state index contributed by atoms with van der Waals surface area (Å²) < 4.78 is 26.9. The smallest absolute Gasteiger partial charge is 0.289 e. The SMILES string of the molecule is CC(=O)c1cccc(NS(=O)(=O)c2ccc(Cl)c([N+](=O)[O-])c2)c1. The number of hydrogen-bond acceptors (Lipinski definition) is 5. The van der Waals surface area contributed by atoms with E-state index in [2.05, 4.69) is 4.72 Å². The predicted molar refractivity (Wildman–Crippen MR) is 85.4 cm³/mol. The summed E-state index contributed by atoms with van der Waals surface area (Å²) in [6.07, 6.45) is 0. The summed E-state index contributed by atoms with van der Waals surface area (Å²) in [7, 11) is -4.05. The third-order valence-electron chi connectivity index (χ3n) is 2.95. The van der Waals surface area contributed by atoms with E-state index in [-0.39, 0.29) is 21.4 Å². The van der Waals surface area contributed by atoms with Crippen LogP contribution in [0.2, 0.25) is 5.02 Å². The zero-order chi connectivity index (χ0) is 17.2. The minimum absolute atomic E-state index is 0.160. The van der Waals surface area contributed by atoms with Crippen molar-refractivity contribution in [3.63, 3.8) is 0 Å². The predicted octanol–water partition coefficient (Wildman–Crippen LogP) is 3.25. The van der Waals surface area contributed by atoms with Crippen LogP contribution in [0.1, 0.15) is 17.3 Å². The Morgan fingerprint density at radius 1 is 1.22 bits per heavy atom.